The molecule has 0 unspecified atom stereocenters. The van der Waals surface area contributed by atoms with Gasteiger partial charge in [-0.25, -0.2) is 0 Å². The van der Waals surface area contributed by atoms with Crippen molar-refractivity contribution in [3.8, 4) is 0 Å². The summed E-state index contributed by atoms with van der Waals surface area (Å²) in [6, 6.07) is 9.61. The number of carboxylic acid groups (broad SMARTS) is 1. The second-order valence-corrected chi connectivity index (χ2v) is 4.64. The number of hydrogen-bond donors (Lipinski definition) is 0. The average Bonchev–Trinajstić information content (AvgIpc) is 2.93. The fourth-order valence-corrected chi connectivity index (χ4v) is 2.30. The van der Waals surface area contributed by atoms with E-state index in [-0.39, 0.29) is 65.3 Å². The average molecular weight is 318 g/mol. The largest absolute Gasteiger partial charge is 1.00 e. The minimum Gasteiger partial charge on any atom is -0.658 e. The molecule has 0 spiro atoms. The summed E-state index contributed by atoms with van der Waals surface area (Å²) in [6.07, 6.45) is 8.27. The van der Waals surface area contributed by atoms with Crippen LogP contribution >= 0.6 is 0 Å². The Balaban J connectivity index is 0. The van der Waals surface area contributed by atoms with Crippen molar-refractivity contribution in [3.05, 3.63) is 47.5 Å². The summed E-state index contributed by atoms with van der Waals surface area (Å²) >= 11 is 0. The van der Waals surface area contributed by atoms with E-state index in [2.05, 4.69) is 6.08 Å². The second-order valence-electron chi connectivity index (χ2n) is 4.64. The quantitative estimate of drug-likeness (QED) is 0.318. The fraction of sp³-hybridized carbons (Fsp3) is 0.375. The van der Waals surface area contributed by atoms with Crippen LogP contribution in [-0.4, -0.2) is 12.1 Å². The molecular weight excluding hydrogens is 302 g/mol. The van der Waals surface area contributed by atoms with Gasteiger partial charge in [-0.1, -0.05) is 61.9 Å². The molecule has 0 aliphatic heterocycles. The zero-order valence-electron chi connectivity index (χ0n) is 13.1. The predicted molar refractivity (Wildman–Crippen MR) is 68.9 cm³/mol. The van der Waals surface area contributed by atoms with Gasteiger partial charge in [0.05, 0.1) is 0 Å². The molecule has 0 radical (unpaired) electrons. The molecule has 6 heteroatoms. The van der Waals surface area contributed by atoms with Crippen molar-refractivity contribution in [1.29, 1.82) is 0 Å². The fourth-order valence-electron chi connectivity index (χ4n) is 2.30. The number of carboxylic acids is 1. The van der Waals surface area contributed by atoms with Crippen LogP contribution in [0.1, 0.15) is 31.2 Å². The molecule has 1 aromatic rings. The van der Waals surface area contributed by atoms with E-state index in [1.54, 1.807) is 0 Å². The molecule has 0 aromatic heterocycles. The molecule has 0 amide bonds. The first-order valence-electron chi connectivity index (χ1n) is 6.54. The molecule has 1 saturated carbocycles. The molecular formula is C16H16Na2O4. The van der Waals surface area contributed by atoms with E-state index in [0.717, 1.165) is 18.4 Å². The minimum atomic E-state index is -1.08. The Bertz CT molecular complexity index is 488. The van der Waals surface area contributed by atoms with Crippen molar-refractivity contribution in [3.63, 3.8) is 0 Å². The Kier molecular flexibility index (Phi) is 15.8. The molecule has 1 aromatic carbocycles. The Hall–Kier alpha value is -0.190. The van der Waals surface area contributed by atoms with Gasteiger partial charge in [0.1, 0.15) is 0 Å². The second kappa shape index (κ2) is 14.4. The van der Waals surface area contributed by atoms with Crippen LogP contribution in [0, 0.1) is 12.0 Å². The molecule has 2 rings (SSSR count). The van der Waals surface area contributed by atoms with Gasteiger partial charge in [0.15, 0.2) is 0 Å². The van der Waals surface area contributed by atoms with Gasteiger partial charge in [-0.05, 0) is 12.0 Å². The molecule has 0 N–H and O–H groups in total. The van der Waals surface area contributed by atoms with Gasteiger partial charge in [0, 0.05) is 0 Å². The van der Waals surface area contributed by atoms with Gasteiger partial charge >= 0.3 is 65.3 Å². The van der Waals surface area contributed by atoms with Crippen molar-refractivity contribution in [2.45, 2.75) is 32.1 Å². The standard InChI is InChI=1S/C15H17O2.CO2.2Na/c16-15(17)14(11-13-8-4-5-9-13)10-12-6-2-1-3-7-12;2-1-3;;/h1-3,6-7,13H,4-5,8-10H2,(H,16,17);;;/q-1;;2*+1/p-1. The number of hydrogen-bond acceptors (Lipinski definition) is 4. The maximum Gasteiger partial charge on any atom is 1.00 e. The summed E-state index contributed by atoms with van der Waals surface area (Å²) in [5.41, 5.74) is 1.31. The van der Waals surface area contributed by atoms with Crippen LogP contribution in [-0.2, 0) is 20.8 Å². The molecule has 1 aliphatic carbocycles. The Morgan fingerprint density at radius 1 is 1.14 bits per heavy atom. The SMILES string of the molecule is O=C([O-])C(=[C-]C1CCCC1)Cc1ccccc1.O=C=O.[Na+].[Na+]. The molecule has 106 valence electrons. The van der Waals surface area contributed by atoms with Gasteiger partial charge in [0.25, 0.3) is 0 Å². The number of aliphatic carboxylic acids is 1. The minimum absolute atomic E-state index is 0. The summed E-state index contributed by atoms with van der Waals surface area (Å²) < 4.78 is 0. The van der Waals surface area contributed by atoms with E-state index in [4.69, 9.17) is 9.59 Å². The number of carbonyl (C=O) groups is 1. The zero-order valence-corrected chi connectivity index (χ0v) is 17.1. The van der Waals surface area contributed by atoms with E-state index < -0.39 is 5.97 Å². The van der Waals surface area contributed by atoms with E-state index >= 15 is 0 Å². The first-order valence-corrected chi connectivity index (χ1v) is 6.54. The topological polar surface area (TPSA) is 74.3 Å². The molecule has 0 heterocycles. The summed E-state index contributed by atoms with van der Waals surface area (Å²) in [5.74, 6) is -0.771. The van der Waals surface area contributed by atoms with Crippen molar-refractivity contribution in [2.24, 2.45) is 5.92 Å². The van der Waals surface area contributed by atoms with Crippen LogP contribution in [0.4, 0.5) is 0 Å². The maximum atomic E-state index is 11.1. The third kappa shape index (κ3) is 9.75. The van der Waals surface area contributed by atoms with Crippen LogP contribution in [0.2, 0.25) is 0 Å². The van der Waals surface area contributed by atoms with Gasteiger partial charge < -0.3 is 9.90 Å². The Morgan fingerprint density at radius 3 is 2.09 bits per heavy atom. The normalized spacial score (nSPS) is 13.7. The van der Waals surface area contributed by atoms with E-state index in [1.807, 2.05) is 30.3 Å². The molecule has 4 nitrogen and oxygen atoms in total. The molecule has 0 atom stereocenters. The van der Waals surface area contributed by atoms with Crippen LogP contribution in [0.15, 0.2) is 35.9 Å². The molecule has 1 fully saturated rings. The number of benzene rings is 1. The van der Waals surface area contributed by atoms with Gasteiger partial charge in [-0.3, -0.25) is 6.08 Å². The van der Waals surface area contributed by atoms with Crippen LogP contribution in [0.5, 0.6) is 0 Å². The van der Waals surface area contributed by atoms with E-state index in [1.165, 1.54) is 12.8 Å². The molecule has 0 saturated heterocycles. The Morgan fingerprint density at radius 2 is 1.64 bits per heavy atom. The number of carbonyl (C=O) groups excluding carboxylic acids is 3. The van der Waals surface area contributed by atoms with Gasteiger partial charge in [-0.2, -0.15) is 15.2 Å². The number of rotatable bonds is 4. The summed E-state index contributed by atoms with van der Waals surface area (Å²) in [5, 5.41) is 11.1. The summed E-state index contributed by atoms with van der Waals surface area (Å²) in [7, 11) is 0. The van der Waals surface area contributed by atoms with E-state index in [9.17, 15) is 9.90 Å². The molecule has 0 bridgehead atoms. The third-order valence-electron chi connectivity index (χ3n) is 3.20. The first kappa shape index (κ1) is 24.1. The Labute approximate surface area is 174 Å². The maximum absolute atomic E-state index is 11.1. The van der Waals surface area contributed by atoms with Crippen molar-refractivity contribution in [2.75, 3.05) is 0 Å². The third-order valence-corrected chi connectivity index (χ3v) is 3.20. The van der Waals surface area contributed by atoms with Gasteiger partial charge in [-0.15, -0.1) is 5.97 Å². The predicted octanol–water partition coefficient (Wildman–Crippen LogP) is -4.68. The first-order chi connectivity index (χ1) is 9.67. The summed E-state index contributed by atoms with van der Waals surface area (Å²) in [4.78, 5) is 27.3. The van der Waals surface area contributed by atoms with Crippen LogP contribution in [0.3, 0.4) is 0 Å². The zero-order chi connectivity index (χ0) is 14.8. The van der Waals surface area contributed by atoms with Gasteiger partial charge in [0.2, 0.25) is 0 Å². The molecule has 1 aliphatic rings. The summed E-state index contributed by atoms with van der Waals surface area (Å²) in [6.45, 7) is 0. The van der Waals surface area contributed by atoms with Crippen molar-refractivity contribution < 1.29 is 78.6 Å². The number of allylic oxidation sites excluding steroid dienone is 1. The van der Waals surface area contributed by atoms with E-state index in [0.29, 0.717) is 17.9 Å². The molecule has 22 heavy (non-hydrogen) atoms. The smallest absolute Gasteiger partial charge is 0.658 e. The van der Waals surface area contributed by atoms with Crippen LogP contribution < -0.4 is 64.2 Å². The van der Waals surface area contributed by atoms with Crippen molar-refractivity contribution >= 4 is 12.1 Å². The monoisotopic (exact) mass is 318 g/mol. The van der Waals surface area contributed by atoms with Crippen LogP contribution in [0.25, 0.3) is 0 Å². The van der Waals surface area contributed by atoms with Crippen molar-refractivity contribution in [1.82, 2.24) is 0 Å².